The molecule has 0 aliphatic heterocycles. The van der Waals surface area contributed by atoms with E-state index in [4.69, 9.17) is 9.47 Å². The van der Waals surface area contributed by atoms with Crippen LogP contribution in [0.5, 0.6) is 0 Å². The lowest BCUT2D eigenvalue weighted by atomic mass is 10.0. The molecule has 0 aliphatic rings. The highest BCUT2D eigenvalue weighted by molar-refractivity contribution is 5.70. The van der Waals surface area contributed by atoms with Gasteiger partial charge in [0.25, 0.3) is 0 Å². The average Bonchev–Trinajstić information content (AvgIpc) is 3.26. The normalized spacial score (nSPS) is 12.6. The van der Waals surface area contributed by atoms with Gasteiger partial charge in [-0.15, -0.1) is 0 Å². The molecule has 0 rings (SSSR count). The van der Waals surface area contributed by atoms with Crippen molar-refractivity contribution in [2.24, 2.45) is 0 Å². The number of unbranched alkanes of at least 4 members (excludes halogenated alkanes) is 30. The predicted octanol–water partition coefficient (Wildman–Crippen LogP) is 17.5. The summed E-state index contributed by atoms with van der Waals surface area (Å²) < 4.78 is 10.6. The van der Waals surface area contributed by atoms with Crippen molar-refractivity contribution in [2.45, 2.75) is 270 Å². The number of rotatable bonds is 48. The fourth-order valence-corrected chi connectivity index (χ4v) is 7.64. The summed E-state index contributed by atoms with van der Waals surface area (Å²) in [5.41, 5.74) is 0. The molecule has 1 atom stereocenters. The van der Waals surface area contributed by atoms with E-state index in [0.717, 1.165) is 70.6 Å². The van der Waals surface area contributed by atoms with E-state index >= 15 is 0 Å². The fraction of sp³-hybridized carbons (Fsp3) is 0.786. The molecule has 354 valence electrons. The van der Waals surface area contributed by atoms with Gasteiger partial charge in [0.05, 0.1) is 6.61 Å². The first-order valence-electron chi connectivity index (χ1n) is 26.3. The van der Waals surface area contributed by atoms with Crippen LogP contribution in [0.1, 0.15) is 264 Å². The van der Waals surface area contributed by atoms with E-state index in [1.807, 2.05) is 0 Å². The Bertz CT molecular complexity index is 1060. The van der Waals surface area contributed by atoms with E-state index in [0.29, 0.717) is 12.8 Å². The van der Waals surface area contributed by atoms with Crippen molar-refractivity contribution >= 4 is 11.9 Å². The summed E-state index contributed by atoms with van der Waals surface area (Å²) in [6.07, 6.45) is 69.6. The predicted molar refractivity (Wildman–Crippen MR) is 265 cm³/mol. The maximum absolute atomic E-state index is 12.2. The summed E-state index contributed by atoms with van der Waals surface area (Å²) in [6.45, 7) is 3.97. The van der Waals surface area contributed by atoms with Crippen LogP contribution in [0.3, 0.4) is 0 Å². The monoisotopic (exact) mass is 853 g/mol. The average molecular weight is 853 g/mol. The first-order valence-corrected chi connectivity index (χ1v) is 26.3. The third-order valence-corrected chi connectivity index (χ3v) is 11.6. The van der Waals surface area contributed by atoms with Gasteiger partial charge in [-0.25, -0.2) is 0 Å². The van der Waals surface area contributed by atoms with Crippen LogP contribution in [0.25, 0.3) is 0 Å². The molecule has 0 bridgehead atoms. The zero-order valence-electron chi connectivity index (χ0n) is 40.4. The molecular formula is C56H100O5. The molecule has 0 aromatic rings. The number of ether oxygens (including phenoxy) is 2. The van der Waals surface area contributed by atoms with Crippen LogP contribution in [0, 0.1) is 0 Å². The van der Waals surface area contributed by atoms with E-state index in [1.165, 1.54) is 167 Å². The van der Waals surface area contributed by atoms with Crippen LogP contribution in [-0.2, 0) is 19.1 Å². The highest BCUT2D eigenvalue weighted by Crippen LogP contribution is 2.17. The van der Waals surface area contributed by atoms with Gasteiger partial charge in [-0.3, -0.25) is 9.59 Å². The molecular weight excluding hydrogens is 753 g/mol. The Labute approximate surface area is 379 Å². The van der Waals surface area contributed by atoms with Gasteiger partial charge in [-0.2, -0.15) is 0 Å². The Balaban J connectivity index is 3.34. The quantitative estimate of drug-likeness (QED) is 0.0375. The minimum Gasteiger partial charge on any atom is -0.462 e. The van der Waals surface area contributed by atoms with E-state index in [9.17, 15) is 14.7 Å². The minimum atomic E-state index is -0.764. The van der Waals surface area contributed by atoms with E-state index in [1.54, 1.807) is 0 Å². The van der Waals surface area contributed by atoms with Crippen LogP contribution < -0.4 is 0 Å². The molecule has 1 N–H and O–H groups in total. The Morgan fingerprint density at radius 3 is 1.07 bits per heavy atom. The van der Waals surface area contributed by atoms with Crippen molar-refractivity contribution in [3.8, 4) is 0 Å². The third kappa shape index (κ3) is 50.1. The number of carbonyl (C=O) groups excluding carboxylic acids is 2. The molecule has 0 saturated carbocycles. The lowest BCUT2D eigenvalue weighted by Crippen LogP contribution is -2.28. The van der Waals surface area contributed by atoms with Crippen molar-refractivity contribution in [1.29, 1.82) is 0 Å². The molecule has 1 unspecified atom stereocenters. The molecule has 0 heterocycles. The first kappa shape index (κ1) is 58.6. The van der Waals surface area contributed by atoms with Crippen LogP contribution in [0.4, 0.5) is 0 Å². The number of hydrogen-bond acceptors (Lipinski definition) is 5. The Morgan fingerprint density at radius 2 is 0.705 bits per heavy atom. The van der Waals surface area contributed by atoms with Gasteiger partial charge in [0.1, 0.15) is 6.61 Å². The van der Waals surface area contributed by atoms with Crippen molar-refractivity contribution in [1.82, 2.24) is 0 Å². The smallest absolute Gasteiger partial charge is 0.306 e. The van der Waals surface area contributed by atoms with Crippen LogP contribution in [0.2, 0.25) is 0 Å². The lowest BCUT2D eigenvalue weighted by Gasteiger charge is -2.15. The number of allylic oxidation sites excluding steroid dienone is 10. The molecule has 0 fully saturated rings. The standard InChI is InChI=1S/C56H100O5/c1-3-5-7-9-11-12-13-14-15-16-17-18-19-20-21-22-23-24-25-26-27-28-29-30-31-32-33-34-35-36-37-38-39-40-41-42-43-44-45-47-49-51-56(59)61-54(52-57)53-60-55(58)50-48-46-10-8-6-4-2/h5,7,11-12,14-15,17-18,20-21,54,57H,3-4,6,8-10,13,16,19,22-53H2,1-2H3/b7-5-,12-11-,15-14-,18-17-,21-20-. The van der Waals surface area contributed by atoms with Crippen molar-refractivity contribution in [3.05, 3.63) is 60.8 Å². The molecule has 0 radical (unpaired) electrons. The van der Waals surface area contributed by atoms with Crippen molar-refractivity contribution in [3.63, 3.8) is 0 Å². The first-order chi connectivity index (χ1) is 30.1. The molecule has 0 aliphatic carbocycles. The van der Waals surface area contributed by atoms with Crippen LogP contribution in [-0.4, -0.2) is 36.4 Å². The second-order valence-electron chi connectivity index (χ2n) is 17.6. The largest absolute Gasteiger partial charge is 0.462 e. The Hall–Kier alpha value is -2.40. The maximum Gasteiger partial charge on any atom is 0.306 e. The Morgan fingerprint density at radius 1 is 0.393 bits per heavy atom. The molecule has 5 heteroatoms. The number of aliphatic hydroxyl groups excluding tert-OH is 1. The zero-order valence-corrected chi connectivity index (χ0v) is 40.4. The van der Waals surface area contributed by atoms with Gasteiger partial charge in [0, 0.05) is 12.8 Å². The third-order valence-electron chi connectivity index (χ3n) is 11.6. The van der Waals surface area contributed by atoms with Gasteiger partial charge in [0.2, 0.25) is 0 Å². The number of carbonyl (C=O) groups is 2. The molecule has 0 spiro atoms. The lowest BCUT2D eigenvalue weighted by molar-refractivity contribution is -0.161. The summed E-state index contributed by atoms with van der Waals surface area (Å²) in [5.74, 6) is -0.591. The van der Waals surface area contributed by atoms with E-state index < -0.39 is 6.10 Å². The molecule has 0 aromatic carbocycles. The fourth-order valence-electron chi connectivity index (χ4n) is 7.64. The molecule has 0 aromatic heterocycles. The van der Waals surface area contributed by atoms with E-state index in [-0.39, 0.29) is 25.2 Å². The highest BCUT2D eigenvalue weighted by Gasteiger charge is 2.16. The molecule has 0 amide bonds. The summed E-state index contributed by atoms with van der Waals surface area (Å²) in [4.78, 5) is 24.1. The zero-order chi connectivity index (χ0) is 44.2. The molecule has 0 saturated heterocycles. The van der Waals surface area contributed by atoms with Crippen molar-refractivity contribution in [2.75, 3.05) is 13.2 Å². The summed E-state index contributed by atoms with van der Waals surface area (Å²) in [5, 5.41) is 9.52. The second-order valence-corrected chi connectivity index (χ2v) is 17.6. The SMILES string of the molecule is CC/C=C\C/C=C\C/C=C\C/C=C\C/C=C\CCCCCCCCCCCCCCCCCCCCCCCCCCCC(=O)OC(CO)COC(=O)CCCCCCCC. The number of aliphatic hydroxyl groups is 1. The van der Waals surface area contributed by atoms with Crippen LogP contribution in [0.15, 0.2) is 60.8 Å². The van der Waals surface area contributed by atoms with Gasteiger partial charge in [0.15, 0.2) is 6.10 Å². The van der Waals surface area contributed by atoms with Gasteiger partial charge >= 0.3 is 11.9 Å². The minimum absolute atomic E-state index is 0.0624. The topological polar surface area (TPSA) is 72.8 Å². The van der Waals surface area contributed by atoms with Gasteiger partial charge in [-0.1, -0.05) is 254 Å². The van der Waals surface area contributed by atoms with Crippen LogP contribution >= 0.6 is 0 Å². The second kappa shape index (κ2) is 51.9. The molecule has 61 heavy (non-hydrogen) atoms. The maximum atomic E-state index is 12.2. The summed E-state index contributed by atoms with van der Waals surface area (Å²) in [6, 6.07) is 0. The number of hydrogen-bond donors (Lipinski definition) is 1. The summed E-state index contributed by atoms with van der Waals surface area (Å²) in [7, 11) is 0. The van der Waals surface area contributed by atoms with Gasteiger partial charge < -0.3 is 14.6 Å². The number of esters is 2. The molecule has 5 nitrogen and oxygen atoms in total. The van der Waals surface area contributed by atoms with Crippen molar-refractivity contribution < 1.29 is 24.2 Å². The summed E-state index contributed by atoms with van der Waals surface area (Å²) >= 11 is 0. The van der Waals surface area contributed by atoms with Gasteiger partial charge in [-0.05, 0) is 57.8 Å². The highest BCUT2D eigenvalue weighted by atomic mass is 16.6. The van der Waals surface area contributed by atoms with E-state index in [2.05, 4.69) is 74.6 Å². The Kier molecular flexibility index (Phi) is 49.9.